The molecule has 0 aromatic heterocycles. The highest BCUT2D eigenvalue weighted by Crippen LogP contribution is 2.35. The standard InChI is InChI=1S/C14H20Br2N2O2/c1-5-17-8-10-6-11(15)13(12(16)7-10)20-9(2)14(19)18(3)4/h6-7,9,17H,5,8H2,1-4H3. The Kier molecular flexibility index (Phi) is 6.99. The normalized spacial score (nSPS) is 12.1. The van der Waals surface area contributed by atoms with Crippen LogP contribution in [0.4, 0.5) is 0 Å². The van der Waals surface area contributed by atoms with Gasteiger partial charge in [0, 0.05) is 20.6 Å². The second kappa shape index (κ2) is 8.00. The molecule has 1 N–H and O–H groups in total. The molecule has 4 nitrogen and oxygen atoms in total. The quantitative estimate of drug-likeness (QED) is 0.787. The average molecular weight is 408 g/mol. The minimum Gasteiger partial charge on any atom is -0.479 e. The summed E-state index contributed by atoms with van der Waals surface area (Å²) >= 11 is 6.99. The van der Waals surface area contributed by atoms with Crippen LogP contribution < -0.4 is 10.1 Å². The fourth-order valence-corrected chi connectivity index (χ4v) is 3.16. The molecule has 1 aromatic carbocycles. The van der Waals surface area contributed by atoms with Crippen LogP contribution in [-0.2, 0) is 11.3 Å². The third kappa shape index (κ3) is 4.75. The lowest BCUT2D eigenvalue weighted by Gasteiger charge is -2.20. The van der Waals surface area contributed by atoms with Gasteiger partial charge in [0.15, 0.2) is 6.10 Å². The summed E-state index contributed by atoms with van der Waals surface area (Å²) in [6.07, 6.45) is -0.530. The summed E-state index contributed by atoms with van der Waals surface area (Å²) < 4.78 is 7.42. The van der Waals surface area contributed by atoms with E-state index in [0.29, 0.717) is 5.75 Å². The van der Waals surface area contributed by atoms with E-state index in [1.807, 2.05) is 12.1 Å². The van der Waals surface area contributed by atoms with E-state index in [1.54, 1.807) is 21.0 Å². The summed E-state index contributed by atoms with van der Waals surface area (Å²) in [6.45, 7) is 5.52. The van der Waals surface area contributed by atoms with Crippen molar-refractivity contribution in [1.29, 1.82) is 0 Å². The predicted molar refractivity (Wildman–Crippen MR) is 88.0 cm³/mol. The number of nitrogens with one attached hydrogen (secondary N) is 1. The Balaban J connectivity index is 2.88. The zero-order valence-electron chi connectivity index (χ0n) is 12.2. The number of rotatable bonds is 6. The van der Waals surface area contributed by atoms with Gasteiger partial charge in [-0.25, -0.2) is 0 Å². The van der Waals surface area contributed by atoms with Gasteiger partial charge in [0.2, 0.25) is 0 Å². The van der Waals surface area contributed by atoms with Crippen molar-refractivity contribution in [3.63, 3.8) is 0 Å². The number of carbonyl (C=O) groups is 1. The topological polar surface area (TPSA) is 41.6 Å². The summed E-state index contributed by atoms with van der Waals surface area (Å²) in [5.74, 6) is 0.577. The van der Waals surface area contributed by atoms with Crippen LogP contribution in [-0.4, -0.2) is 37.6 Å². The summed E-state index contributed by atoms with van der Waals surface area (Å²) in [5, 5.41) is 3.27. The number of likely N-dealkylation sites (N-methyl/N-ethyl adjacent to an activating group) is 1. The molecule has 0 aliphatic rings. The zero-order chi connectivity index (χ0) is 15.3. The third-order valence-electron chi connectivity index (χ3n) is 2.72. The second-order valence-corrected chi connectivity index (χ2v) is 6.37. The molecule has 0 radical (unpaired) electrons. The summed E-state index contributed by atoms with van der Waals surface area (Å²) in [5.41, 5.74) is 1.14. The number of nitrogens with zero attached hydrogens (tertiary/aromatic N) is 1. The molecule has 1 aromatic rings. The van der Waals surface area contributed by atoms with Gasteiger partial charge in [-0.15, -0.1) is 0 Å². The SMILES string of the molecule is CCNCc1cc(Br)c(OC(C)C(=O)N(C)C)c(Br)c1. The number of benzene rings is 1. The van der Waals surface area contributed by atoms with E-state index in [2.05, 4.69) is 44.1 Å². The van der Waals surface area contributed by atoms with Gasteiger partial charge < -0.3 is 15.0 Å². The molecule has 1 amide bonds. The number of hydrogen-bond acceptors (Lipinski definition) is 3. The smallest absolute Gasteiger partial charge is 0.262 e. The lowest BCUT2D eigenvalue weighted by molar-refractivity contribution is -0.135. The molecule has 112 valence electrons. The Morgan fingerprint density at radius 1 is 1.35 bits per heavy atom. The predicted octanol–water partition coefficient (Wildman–Crippen LogP) is 3.18. The van der Waals surface area contributed by atoms with Crippen molar-refractivity contribution in [3.05, 3.63) is 26.6 Å². The van der Waals surface area contributed by atoms with Gasteiger partial charge in [-0.3, -0.25) is 4.79 Å². The maximum absolute atomic E-state index is 11.8. The molecule has 20 heavy (non-hydrogen) atoms. The number of ether oxygens (including phenoxy) is 1. The molecule has 1 unspecified atom stereocenters. The molecule has 6 heteroatoms. The average Bonchev–Trinajstić information content (AvgIpc) is 2.39. The highest BCUT2D eigenvalue weighted by Gasteiger charge is 2.19. The minimum absolute atomic E-state index is 0.0690. The van der Waals surface area contributed by atoms with E-state index in [-0.39, 0.29) is 5.91 Å². The molecule has 0 saturated carbocycles. The first-order valence-corrected chi connectivity index (χ1v) is 8.01. The van der Waals surface area contributed by atoms with Crippen LogP contribution in [0.3, 0.4) is 0 Å². The Hall–Kier alpha value is -0.590. The van der Waals surface area contributed by atoms with Crippen molar-refractivity contribution < 1.29 is 9.53 Å². The highest BCUT2D eigenvalue weighted by atomic mass is 79.9. The molecular formula is C14H20Br2N2O2. The van der Waals surface area contributed by atoms with Crippen LogP contribution >= 0.6 is 31.9 Å². The Labute approximate surface area is 137 Å². The van der Waals surface area contributed by atoms with Gasteiger partial charge in [0.25, 0.3) is 5.91 Å². The van der Waals surface area contributed by atoms with Crippen molar-refractivity contribution in [3.8, 4) is 5.75 Å². The lowest BCUT2D eigenvalue weighted by Crippen LogP contribution is -2.35. The molecule has 0 fully saturated rings. The largest absolute Gasteiger partial charge is 0.479 e. The van der Waals surface area contributed by atoms with Gasteiger partial charge in [-0.2, -0.15) is 0 Å². The summed E-state index contributed by atoms with van der Waals surface area (Å²) in [7, 11) is 3.43. The molecular weight excluding hydrogens is 388 g/mol. The molecule has 0 aliphatic heterocycles. The van der Waals surface area contributed by atoms with E-state index in [0.717, 1.165) is 27.6 Å². The zero-order valence-corrected chi connectivity index (χ0v) is 15.3. The fraction of sp³-hybridized carbons (Fsp3) is 0.500. The third-order valence-corrected chi connectivity index (χ3v) is 3.90. The molecule has 0 heterocycles. The first-order chi connectivity index (χ1) is 9.36. The molecule has 1 rings (SSSR count). The van der Waals surface area contributed by atoms with E-state index >= 15 is 0 Å². The van der Waals surface area contributed by atoms with Crippen molar-refractivity contribution in [1.82, 2.24) is 10.2 Å². The fourth-order valence-electron chi connectivity index (χ4n) is 1.69. The first kappa shape index (κ1) is 17.5. The van der Waals surface area contributed by atoms with Gasteiger partial charge in [-0.1, -0.05) is 6.92 Å². The van der Waals surface area contributed by atoms with Crippen molar-refractivity contribution in [2.45, 2.75) is 26.5 Å². The van der Waals surface area contributed by atoms with E-state index in [9.17, 15) is 4.79 Å². The van der Waals surface area contributed by atoms with E-state index < -0.39 is 6.10 Å². The molecule has 0 bridgehead atoms. The van der Waals surface area contributed by atoms with Gasteiger partial charge in [-0.05, 0) is 63.0 Å². The number of hydrogen-bond donors (Lipinski definition) is 1. The molecule has 1 atom stereocenters. The lowest BCUT2D eigenvalue weighted by atomic mass is 10.2. The van der Waals surface area contributed by atoms with E-state index in [4.69, 9.17) is 4.74 Å². The number of carbonyl (C=O) groups excluding carboxylic acids is 1. The van der Waals surface area contributed by atoms with Crippen LogP contribution in [0.1, 0.15) is 19.4 Å². The van der Waals surface area contributed by atoms with Crippen molar-refractivity contribution in [2.24, 2.45) is 0 Å². The van der Waals surface area contributed by atoms with Crippen LogP contribution in [0, 0.1) is 0 Å². The molecule has 0 spiro atoms. The van der Waals surface area contributed by atoms with Crippen molar-refractivity contribution in [2.75, 3.05) is 20.6 Å². The highest BCUT2D eigenvalue weighted by molar-refractivity contribution is 9.11. The summed E-state index contributed by atoms with van der Waals surface area (Å²) in [4.78, 5) is 13.4. The minimum atomic E-state index is -0.530. The Morgan fingerprint density at radius 2 is 1.90 bits per heavy atom. The van der Waals surface area contributed by atoms with Crippen molar-refractivity contribution >= 4 is 37.8 Å². The van der Waals surface area contributed by atoms with Crippen LogP contribution in [0.15, 0.2) is 21.1 Å². The molecule has 0 saturated heterocycles. The number of halogens is 2. The van der Waals surface area contributed by atoms with Gasteiger partial charge in [0.05, 0.1) is 8.95 Å². The van der Waals surface area contributed by atoms with E-state index in [1.165, 1.54) is 4.90 Å². The monoisotopic (exact) mass is 406 g/mol. The summed E-state index contributed by atoms with van der Waals surface area (Å²) in [6, 6.07) is 3.99. The van der Waals surface area contributed by atoms with Gasteiger partial charge >= 0.3 is 0 Å². The van der Waals surface area contributed by atoms with Crippen LogP contribution in [0.2, 0.25) is 0 Å². The Morgan fingerprint density at radius 3 is 2.35 bits per heavy atom. The first-order valence-electron chi connectivity index (χ1n) is 6.43. The maximum atomic E-state index is 11.8. The van der Waals surface area contributed by atoms with Crippen LogP contribution in [0.25, 0.3) is 0 Å². The number of amides is 1. The maximum Gasteiger partial charge on any atom is 0.262 e. The molecule has 0 aliphatic carbocycles. The Bertz CT molecular complexity index is 455. The van der Waals surface area contributed by atoms with Crippen LogP contribution in [0.5, 0.6) is 5.75 Å². The van der Waals surface area contributed by atoms with Gasteiger partial charge in [0.1, 0.15) is 5.75 Å². The second-order valence-electron chi connectivity index (χ2n) is 4.66.